The number of fused-ring (bicyclic) bond motifs is 1. The van der Waals surface area contributed by atoms with Gasteiger partial charge in [0.1, 0.15) is 0 Å². The zero-order valence-corrected chi connectivity index (χ0v) is 19.1. The summed E-state index contributed by atoms with van der Waals surface area (Å²) < 4.78 is 11.4. The minimum Gasteiger partial charge on any atom is -0.351 e. The van der Waals surface area contributed by atoms with Crippen LogP contribution in [0.3, 0.4) is 0 Å². The molecule has 1 unspecified atom stereocenters. The monoisotopic (exact) mass is 434 g/mol. The molecule has 3 aromatic rings. The molecule has 0 radical (unpaired) electrons. The molecule has 0 bridgehead atoms. The van der Waals surface area contributed by atoms with Crippen LogP contribution in [0.15, 0.2) is 72.8 Å². The predicted molar refractivity (Wildman–Crippen MR) is 129 cm³/mol. The second-order valence-electron chi connectivity index (χ2n) is 7.87. The average Bonchev–Trinajstić information content (AvgIpc) is 2.82. The van der Waals surface area contributed by atoms with Crippen LogP contribution >= 0.6 is 0 Å². The van der Waals surface area contributed by atoms with Gasteiger partial charge in [0.25, 0.3) is 0 Å². The van der Waals surface area contributed by atoms with Gasteiger partial charge in [-0.15, -0.1) is 0 Å². The maximum Gasteiger partial charge on any atom is 0.239 e. The number of nitrogens with two attached hydrogens (primary N) is 1. The van der Waals surface area contributed by atoms with Gasteiger partial charge >= 0.3 is 0 Å². The fourth-order valence-electron chi connectivity index (χ4n) is 3.82. The number of hydrogen-bond acceptors (Lipinski definition) is 4. The Morgan fingerprint density at radius 3 is 2.22 bits per heavy atom. The molecule has 5 nitrogen and oxygen atoms in total. The van der Waals surface area contributed by atoms with E-state index in [0.717, 1.165) is 17.4 Å². The van der Waals surface area contributed by atoms with Gasteiger partial charge in [0.15, 0.2) is 6.29 Å². The lowest BCUT2D eigenvalue weighted by Gasteiger charge is -2.29. The molecular formula is C27H34N2O3. The highest BCUT2D eigenvalue weighted by atomic mass is 16.7. The Hall–Kier alpha value is -2.73. The van der Waals surface area contributed by atoms with Gasteiger partial charge in [-0.2, -0.15) is 0 Å². The van der Waals surface area contributed by atoms with Crippen LogP contribution in [0, 0.1) is 0 Å². The maximum atomic E-state index is 13.4. The van der Waals surface area contributed by atoms with Gasteiger partial charge in [0.05, 0.1) is 12.6 Å². The van der Waals surface area contributed by atoms with Gasteiger partial charge in [-0.05, 0) is 54.7 Å². The second kappa shape index (κ2) is 12.3. The molecule has 0 aliphatic carbocycles. The largest absolute Gasteiger partial charge is 0.351 e. The van der Waals surface area contributed by atoms with Gasteiger partial charge in [-0.25, -0.2) is 0 Å². The first-order chi connectivity index (χ1) is 15.6. The van der Waals surface area contributed by atoms with Gasteiger partial charge in [-0.1, -0.05) is 66.7 Å². The minimum atomic E-state index is -0.584. The lowest BCUT2D eigenvalue weighted by Crippen LogP contribution is -2.47. The Balaban J connectivity index is 1.75. The van der Waals surface area contributed by atoms with Crippen molar-refractivity contribution in [2.24, 2.45) is 5.73 Å². The van der Waals surface area contributed by atoms with E-state index in [-0.39, 0.29) is 5.91 Å². The van der Waals surface area contributed by atoms with E-state index >= 15 is 0 Å². The molecule has 3 rings (SSSR count). The van der Waals surface area contributed by atoms with Crippen LogP contribution in [0.1, 0.15) is 31.4 Å². The lowest BCUT2D eigenvalue weighted by molar-refractivity contribution is -0.160. The van der Waals surface area contributed by atoms with Crippen molar-refractivity contribution < 1.29 is 14.3 Å². The molecule has 0 aliphatic heterocycles. The van der Waals surface area contributed by atoms with Crippen LogP contribution < -0.4 is 5.73 Å². The molecule has 0 heterocycles. The zero-order valence-electron chi connectivity index (χ0n) is 19.1. The first-order valence-corrected chi connectivity index (χ1v) is 11.4. The smallest absolute Gasteiger partial charge is 0.239 e. The van der Waals surface area contributed by atoms with E-state index in [1.807, 2.05) is 44.2 Å². The molecule has 2 N–H and O–H groups in total. The van der Waals surface area contributed by atoms with Crippen molar-refractivity contribution in [2.45, 2.75) is 45.6 Å². The molecule has 32 heavy (non-hydrogen) atoms. The number of benzene rings is 3. The van der Waals surface area contributed by atoms with E-state index in [0.29, 0.717) is 32.7 Å². The molecule has 1 amide bonds. The first kappa shape index (κ1) is 23.9. The highest BCUT2D eigenvalue weighted by Crippen LogP contribution is 2.18. The SMILES string of the molecule is CCOC(CN(Cc1ccc2ccccc2c1)C(=O)C(N)CCc1ccccc1)OCC. The third-order valence-corrected chi connectivity index (χ3v) is 5.48. The van der Waals surface area contributed by atoms with Gasteiger partial charge in [0, 0.05) is 19.8 Å². The molecule has 1 atom stereocenters. The molecular weight excluding hydrogens is 400 g/mol. The zero-order chi connectivity index (χ0) is 22.8. The summed E-state index contributed by atoms with van der Waals surface area (Å²) in [5.41, 5.74) is 8.59. The van der Waals surface area contributed by atoms with Crippen molar-refractivity contribution in [3.8, 4) is 0 Å². The summed E-state index contributed by atoms with van der Waals surface area (Å²) >= 11 is 0. The van der Waals surface area contributed by atoms with Crippen molar-refractivity contribution in [3.05, 3.63) is 83.9 Å². The second-order valence-corrected chi connectivity index (χ2v) is 7.87. The summed E-state index contributed by atoms with van der Waals surface area (Å²) in [7, 11) is 0. The Kier molecular flexibility index (Phi) is 9.23. The average molecular weight is 435 g/mol. The van der Waals surface area contributed by atoms with E-state index in [4.69, 9.17) is 15.2 Å². The molecule has 170 valence electrons. The van der Waals surface area contributed by atoms with Crippen LogP contribution in [0.5, 0.6) is 0 Å². The number of carbonyl (C=O) groups is 1. The third-order valence-electron chi connectivity index (χ3n) is 5.48. The van der Waals surface area contributed by atoms with Gasteiger partial charge in [0.2, 0.25) is 5.91 Å². The van der Waals surface area contributed by atoms with Crippen molar-refractivity contribution in [2.75, 3.05) is 19.8 Å². The van der Waals surface area contributed by atoms with E-state index in [1.54, 1.807) is 4.90 Å². The van der Waals surface area contributed by atoms with Crippen molar-refractivity contribution in [1.29, 1.82) is 0 Å². The maximum absolute atomic E-state index is 13.4. The number of carbonyl (C=O) groups excluding carboxylic acids is 1. The number of amides is 1. The van der Waals surface area contributed by atoms with Crippen LogP contribution in [-0.4, -0.2) is 42.9 Å². The molecule has 0 aromatic heterocycles. The molecule has 0 fully saturated rings. The fourth-order valence-corrected chi connectivity index (χ4v) is 3.82. The summed E-state index contributed by atoms with van der Waals surface area (Å²) in [5, 5.41) is 2.33. The van der Waals surface area contributed by atoms with Crippen molar-refractivity contribution in [1.82, 2.24) is 4.90 Å². The topological polar surface area (TPSA) is 64.8 Å². The number of ether oxygens (including phenoxy) is 2. The van der Waals surface area contributed by atoms with Crippen LogP contribution in [0.25, 0.3) is 10.8 Å². The van der Waals surface area contributed by atoms with Gasteiger partial charge < -0.3 is 20.1 Å². The van der Waals surface area contributed by atoms with E-state index in [2.05, 4.69) is 42.5 Å². The van der Waals surface area contributed by atoms with Crippen molar-refractivity contribution >= 4 is 16.7 Å². The van der Waals surface area contributed by atoms with E-state index in [9.17, 15) is 4.79 Å². The Morgan fingerprint density at radius 2 is 1.53 bits per heavy atom. The Morgan fingerprint density at radius 1 is 0.875 bits per heavy atom. The number of aryl methyl sites for hydroxylation is 1. The van der Waals surface area contributed by atoms with Crippen LogP contribution in [-0.2, 0) is 27.2 Å². The molecule has 3 aromatic carbocycles. The van der Waals surface area contributed by atoms with Gasteiger partial charge in [-0.3, -0.25) is 4.79 Å². The third kappa shape index (κ3) is 6.89. The fraction of sp³-hybridized carbons (Fsp3) is 0.370. The van der Waals surface area contributed by atoms with Crippen LogP contribution in [0.4, 0.5) is 0 Å². The lowest BCUT2D eigenvalue weighted by atomic mass is 10.0. The highest BCUT2D eigenvalue weighted by Gasteiger charge is 2.25. The summed E-state index contributed by atoms with van der Waals surface area (Å²) in [4.78, 5) is 15.1. The highest BCUT2D eigenvalue weighted by molar-refractivity contribution is 5.84. The van der Waals surface area contributed by atoms with E-state index in [1.165, 1.54) is 10.9 Å². The van der Waals surface area contributed by atoms with Crippen LogP contribution in [0.2, 0.25) is 0 Å². The molecule has 0 spiro atoms. The number of nitrogens with zero attached hydrogens (tertiary/aromatic N) is 1. The number of hydrogen-bond donors (Lipinski definition) is 1. The Labute approximate surface area is 191 Å². The predicted octanol–water partition coefficient (Wildman–Crippen LogP) is 4.53. The van der Waals surface area contributed by atoms with E-state index < -0.39 is 12.3 Å². The quantitative estimate of drug-likeness (QED) is 0.426. The summed E-state index contributed by atoms with van der Waals surface area (Å²) in [6.45, 7) is 5.68. The standard InChI is InChI=1S/C27H34N2O3/c1-3-31-26(32-4-2)20-29(19-22-14-16-23-12-8-9-13-24(23)18-22)27(30)25(28)17-15-21-10-6-5-7-11-21/h5-14,16,18,25-26H,3-4,15,17,19-20,28H2,1-2H3. The normalized spacial score (nSPS) is 12.2. The number of rotatable bonds is 12. The van der Waals surface area contributed by atoms with Crippen molar-refractivity contribution in [3.63, 3.8) is 0 Å². The summed E-state index contributed by atoms with van der Waals surface area (Å²) in [5.74, 6) is -0.0847. The molecule has 0 aliphatic rings. The summed E-state index contributed by atoms with van der Waals surface area (Å²) in [6.07, 6.45) is 0.874. The molecule has 5 heteroatoms. The molecule has 0 saturated heterocycles. The minimum absolute atomic E-state index is 0.0847. The summed E-state index contributed by atoms with van der Waals surface area (Å²) in [6, 6.07) is 24.0. The first-order valence-electron chi connectivity index (χ1n) is 11.4. The Bertz CT molecular complexity index is 971. The molecule has 0 saturated carbocycles.